The second kappa shape index (κ2) is 5.67. The van der Waals surface area contributed by atoms with Gasteiger partial charge < -0.3 is 14.6 Å². The Bertz CT molecular complexity index is 603. The molecule has 0 fully saturated rings. The summed E-state index contributed by atoms with van der Waals surface area (Å²) in [7, 11) is 0. The van der Waals surface area contributed by atoms with Crippen molar-refractivity contribution in [3.8, 4) is 5.75 Å². The number of aromatic nitrogens is 2. The predicted molar refractivity (Wildman–Crippen MR) is 73.8 cm³/mol. The van der Waals surface area contributed by atoms with Crippen molar-refractivity contribution in [3.63, 3.8) is 0 Å². The molecule has 2 rings (SSSR count). The zero-order valence-electron chi connectivity index (χ0n) is 11.9. The first-order chi connectivity index (χ1) is 9.74. The summed E-state index contributed by atoms with van der Waals surface area (Å²) in [6.07, 6.45) is -2.77. The van der Waals surface area contributed by atoms with Crippen LogP contribution in [-0.2, 0) is 0 Å². The monoisotopic (exact) mass is 299 g/mol. The molecule has 4 nitrogen and oxygen atoms in total. The van der Waals surface area contributed by atoms with Crippen LogP contribution in [0.3, 0.4) is 0 Å². The maximum Gasteiger partial charge on any atom is 0.573 e. The fourth-order valence-electron chi connectivity index (χ4n) is 1.87. The van der Waals surface area contributed by atoms with Gasteiger partial charge in [0.25, 0.3) is 0 Å². The molecular weight excluding hydrogens is 283 g/mol. The molecule has 1 aromatic carbocycles. The van der Waals surface area contributed by atoms with Gasteiger partial charge in [0.15, 0.2) is 0 Å². The SMILES string of the molecule is Cc1cn(C(C)C)c(Nc2ccc(OC(F)(F)F)cc2)n1. The van der Waals surface area contributed by atoms with Crippen LogP contribution in [0.1, 0.15) is 25.6 Å². The minimum absolute atomic E-state index is 0.224. The second-order valence-corrected chi connectivity index (χ2v) is 4.90. The first-order valence-electron chi connectivity index (χ1n) is 6.43. The van der Waals surface area contributed by atoms with Gasteiger partial charge in [-0.25, -0.2) is 4.98 Å². The lowest BCUT2D eigenvalue weighted by molar-refractivity contribution is -0.274. The molecule has 0 radical (unpaired) electrons. The number of imidazole rings is 1. The van der Waals surface area contributed by atoms with E-state index in [1.807, 2.05) is 31.5 Å². The molecule has 1 N–H and O–H groups in total. The van der Waals surface area contributed by atoms with Gasteiger partial charge in [-0.3, -0.25) is 0 Å². The first kappa shape index (κ1) is 15.2. The number of anilines is 2. The quantitative estimate of drug-likeness (QED) is 0.908. The summed E-state index contributed by atoms with van der Waals surface area (Å²) in [4.78, 5) is 4.35. The van der Waals surface area contributed by atoms with Crippen LogP contribution in [0.5, 0.6) is 5.75 Å². The summed E-state index contributed by atoms with van der Waals surface area (Å²) in [5.74, 6) is 0.392. The molecule has 0 unspecified atom stereocenters. The normalized spacial score (nSPS) is 11.8. The van der Waals surface area contributed by atoms with Crippen molar-refractivity contribution in [2.75, 3.05) is 5.32 Å². The minimum atomic E-state index is -4.68. The van der Waals surface area contributed by atoms with Crippen molar-refractivity contribution in [1.82, 2.24) is 9.55 Å². The van der Waals surface area contributed by atoms with Crippen LogP contribution >= 0.6 is 0 Å². The van der Waals surface area contributed by atoms with Crippen LogP contribution in [0.4, 0.5) is 24.8 Å². The number of rotatable bonds is 4. The standard InChI is InChI=1S/C14H16F3N3O/c1-9(2)20-8-10(3)18-13(20)19-11-4-6-12(7-5-11)21-14(15,16)17/h4-9H,1-3H3,(H,18,19). The van der Waals surface area contributed by atoms with E-state index in [2.05, 4.69) is 15.0 Å². The Morgan fingerprint density at radius 3 is 2.33 bits per heavy atom. The van der Waals surface area contributed by atoms with Crippen molar-refractivity contribution < 1.29 is 17.9 Å². The molecule has 0 aliphatic rings. The zero-order valence-corrected chi connectivity index (χ0v) is 11.9. The smallest absolute Gasteiger partial charge is 0.406 e. The maximum absolute atomic E-state index is 12.1. The van der Waals surface area contributed by atoms with Crippen molar-refractivity contribution in [2.24, 2.45) is 0 Å². The van der Waals surface area contributed by atoms with Gasteiger partial charge in [-0.05, 0) is 45.0 Å². The van der Waals surface area contributed by atoms with E-state index in [1.54, 1.807) is 0 Å². The average Bonchev–Trinajstić information content (AvgIpc) is 2.71. The van der Waals surface area contributed by atoms with E-state index in [-0.39, 0.29) is 11.8 Å². The molecule has 0 spiro atoms. The Morgan fingerprint density at radius 2 is 1.81 bits per heavy atom. The summed E-state index contributed by atoms with van der Waals surface area (Å²) in [6.45, 7) is 5.92. The zero-order chi connectivity index (χ0) is 15.6. The fourth-order valence-corrected chi connectivity index (χ4v) is 1.87. The number of aryl methyl sites for hydroxylation is 1. The number of hydrogen-bond donors (Lipinski definition) is 1. The third-order valence-electron chi connectivity index (χ3n) is 2.75. The lowest BCUT2D eigenvalue weighted by Crippen LogP contribution is -2.17. The van der Waals surface area contributed by atoms with E-state index in [0.29, 0.717) is 11.6 Å². The maximum atomic E-state index is 12.1. The molecule has 0 aliphatic carbocycles. The third-order valence-corrected chi connectivity index (χ3v) is 2.75. The van der Waals surface area contributed by atoms with E-state index >= 15 is 0 Å². The highest BCUT2D eigenvalue weighted by Gasteiger charge is 2.30. The van der Waals surface area contributed by atoms with E-state index < -0.39 is 6.36 Å². The molecule has 0 amide bonds. The topological polar surface area (TPSA) is 39.1 Å². The Labute approximate surface area is 120 Å². The highest BCUT2D eigenvalue weighted by molar-refractivity contribution is 5.55. The molecule has 0 aliphatic heterocycles. The number of ether oxygens (including phenoxy) is 1. The molecule has 2 aromatic rings. The van der Waals surface area contributed by atoms with Gasteiger partial charge in [-0.15, -0.1) is 13.2 Å². The van der Waals surface area contributed by atoms with Gasteiger partial charge >= 0.3 is 6.36 Å². The summed E-state index contributed by atoms with van der Waals surface area (Å²) in [5, 5.41) is 3.08. The highest BCUT2D eigenvalue weighted by Crippen LogP contribution is 2.25. The van der Waals surface area contributed by atoms with Crippen LogP contribution in [0.25, 0.3) is 0 Å². The molecule has 1 heterocycles. The van der Waals surface area contributed by atoms with E-state index in [9.17, 15) is 13.2 Å². The van der Waals surface area contributed by atoms with Gasteiger partial charge in [0.1, 0.15) is 5.75 Å². The van der Waals surface area contributed by atoms with E-state index in [4.69, 9.17) is 0 Å². The molecule has 114 valence electrons. The largest absolute Gasteiger partial charge is 0.573 e. The van der Waals surface area contributed by atoms with Gasteiger partial charge in [0, 0.05) is 17.9 Å². The lowest BCUT2D eigenvalue weighted by Gasteiger charge is -2.13. The lowest BCUT2D eigenvalue weighted by atomic mass is 10.3. The van der Waals surface area contributed by atoms with E-state index in [0.717, 1.165) is 5.69 Å². The molecule has 0 saturated heterocycles. The molecular formula is C14H16F3N3O. The number of benzene rings is 1. The van der Waals surface area contributed by atoms with Gasteiger partial charge in [-0.2, -0.15) is 0 Å². The number of hydrogen-bond acceptors (Lipinski definition) is 3. The average molecular weight is 299 g/mol. The summed E-state index contributed by atoms with van der Waals surface area (Å²) in [5.41, 5.74) is 1.50. The number of alkyl halides is 3. The molecule has 0 saturated carbocycles. The Hall–Kier alpha value is -2.18. The van der Waals surface area contributed by atoms with Crippen molar-refractivity contribution in [2.45, 2.75) is 33.2 Å². The van der Waals surface area contributed by atoms with Crippen molar-refractivity contribution >= 4 is 11.6 Å². The first-order valence-corrected chi connectivity index (χ1v) is 6.43. The summed E-state index contributed by atoms with van der Waals surface area (Å²) < 4.78 is 42.0. The van der Waals surface area contributed by atoms with Gasteiger partial charge in [0.05, 0.1) is 5.69 Å². The van der Waals surface area contributed by atoms with Gasteiger partial charge in [-0.1, -0.05) is 0 Å². The fraction of sp³-hybridized carbons (Fsp3) is 0.357. The van der Waals surface area contributed by atoms with E-state index in [1.165, 1.54) is 24.3 Å². The van der Waals surface area contributed by atoms with Crippen LogP contribution in [0.2, 0.25) is 0 Å². The predicted octanol–water partition coefficient (Wildman–Crippen LogP) is 4.41. The van der Waals surface area contributed by atoms with Crippen LogP contribution in [0, 0.1) is 6.92 Å². The number of halogens is 3. The Balaban J connectivity index is 2.14. The Morgan fingerprint density at radius 1 is 1.19 bits per heavy atom. The number of nitrogens with one attached hydrogen (secondary N) is 1. The Kier molecular flexibility index (Phi) is 4.11. The van der Waals surface area contributed by atoms with Crippen LogP contribution in [0.15, 0.2) is 30.5 Å². The number of nitrogens with zero attached hydrogens (tertiary/aromatic N) is 2. The highest BCUT2D eigenvalue weighted by atomic mass is 19.4. The molecule has 0 bridgehead atoms. The summed E-state index contributed by atoms with van der Waals surface area (Å²) in [6, 6.07) is 5.75. The van der Waals surface area contributed by atoms with Crippen molar-refractivity contribution in [1.29, 1.82) is 0 Å². The second-order valence-electron chi connectivity index (χ2n) is 4.90. The van der Waals surface area contributed by atoms with Crippen molar-refractivity contribution in [3.05, 3.63) is 36.2 Å². The molecule has 0 atom stereocenters. The van der Waals surface area contributed by atoms with Gasteiger partial charge in [0.2, 0.25) is 5.95 Å². The van der Waals surface area contributed by atoms with Crippen LogP contribution < -0.4 is 10.1 Å². The molecule has 7 heteroatoms. The summed E-state index contributed by atoms with van der Waals surface area (Å²) >= 11 is 0. The molecule has 1 aromatic heterocycles. The van der Waals surface area contributed by atoms with Crippen LogP contribution in [-0.4, -0.2) is 15.9 Å². The molecule has 21 heavy (non-hydrogen) atoms. The minimum Gasteiger partial charge on any atom is -0.406 e. The third kappa shape index (κ3) is 4.14.